The van der Waals surface area contributed by atoms with Crippen molar-refractivity contribution < 1.29 is 9.53 Å². The largest absolute Gasteiger partial charge is 0.383 e. The van der Waals surface area contributed by atoms with Gasteiger partial charge in [0.1, 0.15) is 0 Å². The number of carbonyl (C=O) groups excluding carboxylic acids is 1. The van der Waals surface area contributed by atoms with Gasteiger partial charge in [0, 0.05) is 31.6 Å². The second-order valence-electron chi connectivity index (χ2n) is 4.29. The van der Waals surface area contributed by atoms with E-state index in [0.717, 1.165) is 16.7 Å². The van der Waals surface area contributed by atoms with E-state index < -0.39 is 0 Å². The van der Waals surface area contributed by atoms with Crippen molar-refractivity contribution in [2.75, 3.05) is 32.7 Å². The molecule has 0 spiro atoms. The normalized spacial score (nSPS) is 10.4. The Bertz CT molecular complexity index is 407. The standard InChI is InChI=1S/C14H20ClNO2/c1-11-4-5-13(12(2)10-11)14(17)16(7-6-15)8-9-18-3/h4-5,10H,6-9H2,1-3H3. The highest BCUT2D eigenvalue weighted by molar-refractivity contribution is 6.18. The number of ether oxygens (including phenoxy) is 1. The topological polar surface area (TPSA) is 29.5 Å². The van der Waals surface area contributed by atoms with E-state index in [1.807, 2.05) is 32.0 Å². The Labute approximate surface area is 114 Å². The molecule has 18 heavy (non-hydrogen) atoms. The Hall–Kier alpha value is -1.06. The van der Waals surface area contributed by atoms with Crippen LogP contribution in [0, 0.1) is 13.8 Å². The van der Waals surface area contributed by atoms with Gasteiger partial charge < -0.3 is 9.64 Å². The van der Waals surface area contributed by atoms with Gasteiger partial charge in [-0.3, -0.25) is 4.79 Å². The average Bonchev–Trinajstić information content (AvgIpc) is 2.33. The van der Waals surface area contributed by atoms with E-state index in [0.29, 0.717) is 25.6 Å². The molecule has 0 aromatic heterocycles. The molecule has 1 rings (SSSR count). The Morgan fingerprint density at radius 2 is 2.06 bits per heavy atom. The fourth-order valence-corrected chi connectivity index (χ4v) is 2.05. The molecule has 3 nitrogen and oxygen atoms in total. The third kappa shape index (κ3) is 4.00. The predicted molar refractivity (Wildman–Crippen MR) is 74.4 cm³/mol. The fourth-order valence-electron chi connectivity index (χ4n) is 1.84. The van der Waals surface area contributed by atoms with Crippen LogP contribution >= 0.6 is 11.6 Å². The molecule has 1 aromatic carbocycles. The van der Waals surface area contributed by atoms with Gasteiger partial charge in [0.2, 0.25) is 0 Å². The number of alkyl halides is 1. The van der Waals surface area contributed by atoms with Crippen LogP contribution in [0.1, 0.15) is 21.5 Å². The van der Waals surface area contributed by atoms with Crippen molar-refractivity contribution in [3.8, 4) is 0 Å². The lowest BCUT2D eigenvalue weighted by molar-refractivity contribution is 0.0707. The highest BCUT2D eigenvalue weighted by Gasteiger charge is 2.16. The Morgan fingerprint density at radius 3 is 2.61 bits per heavy atom. The Balaban J connectivity index is 2.87. The lowest BCUT2D eigenvalue weighted by Gasteiger charge is -2.22. The van der Waals surface area contributed by atoms with E-state index in [1.54, 1.807) is 12.0 Å². The first kappa shape index (κ1) is 15.0. The summed E-state index contributed by atoms with van der Waals surface area (Å²) in [4.78, 5) is 14.1. The van der Waals surface area contributed by atoms with Crippen molar-refractivity contribution in [2.24, 2.45) is 0 Å². The number of halogens is 1. The molecular weight excluding hydrogens is 250 g/mol. The number of amides is 1. The smallest absolute Gasteiger partial charge is 0.254 e. The number of hydrogen-bond donors (Lipinski definition) is 0. The minimum Gasteiger partial charge on any atom is -0.383 e. The third-order valence-electron chi connectivity index (χ3n) is 2.82. The second-order valence-corrected chi connectivity index (χ2v) is 4.67. The first-order valence-electron chi connectivity index (χ1n) is 6.01. The molecule has 100 valence electrons. The van der Waals surface area contributed by atoms with Crippen LogP contribution in [0.15, 0.2) is 18.2 Å². The molecule has 0 aliphatic carbocycles. The lowest BCUT2D eigenvalue weighted by atomic mass is 10.0. The summed E-state index contributed by atoms with van der Waals surface area (Å²) in [6, 6.07) is 5.85. The first-order valence-corrected chi connectivity index (χ1v) is 6.55. The van der Waals surface area contributed by atoms with Gasteiger partial charge >= 0.3 is 0 Å². The van der Waals surface area contributed by atoms with Crippen molar-refractivity contribution in [3.63, 3.8) is 0 Å². The molecule has 0 atom stereocenters. The lowest BCUT2D eigenvalue weighted by Crippen LogP contribution is -2.35. The molecule has 0 saturated carbocycles. The zero-order chi connectivity index (χ0) is 13.5. The summed E-state index contributed by atoms with van der Waals surface area (Å²) in [5.41, 5.74) is 2.89. The van der Waals surface area contributed by atoms with Gasteiger partial charge in [-0.15, -0.1) is 11.6 Å². The molecular formula is C14H20ClNO2. The van der Waals surface area contributed by atoms with Gasteiger partial charge in [0.05, 0.1) is 6.61 Å². The summed E-state index contributed by atoms with van der Waals surface area (Å²) >= 11 is 5.74. The van der Waals surface area contributed by atoms with Crippen LogP contribution in [0.5, 0.6) is 0 Å². The SMILES string of the molecule is COCCN(CCCl)C(=O)c1ccc(C)cc1C. The van der Waals surface area contributed by atoms with Crippen LogP contribution in [0.4, 0.5) is 0 Å². The highest BCUT2D eigenvalue weighted by atomic mass is 35.5. The number of carbonyl (C=O) groups is 1. The quantitative estimate of drug-likeness (QED) is 0.743. The number of hydrogen-bond acceptors (Lipinski definition) is 2. The van der Waals surface area contributed by atoms with Gasteiger partial charge in [-0.05, 0) is 25.5 Å². The highest BCUT2D eigenvalue weighted by Crippen LogP contribution is 2.13. The number of aryl methyl sites for hydroxylation is 2. The molecule has 0 bridgehead atoms. The van der Waals surface area contributed by atoms with Crippen molar-refractivity contribution in [3.05, 3.63) is 34.9 Å². The Morgan fingerprint density at radius 1 is 1.33 bits per heavy atom. The van der Waals surface area contributed by atoms with Crippen molar-refractivity contribution >= 4 is 17.5 Å². The average molecular weight is 270 g/mol. The van der Waals surface area contributed by atoms with Crippen LogP contribution in [-0.4, -0.2) is 43.5 Å². The summed E-state index contributed by atoms with van der Waals surface area (Å²) in [6.07, 6.45) is 0. The minimum atomic E-state index is 0.0187. The monoisotopic (exact) mass is 269 g/mol. The van der Waals surface area contributed by atoms with E-state index in [2.05, 4.69) is 0 Å². The first-order chi connectivity index (χ1) is 8.60. The summed E-state index contributed by atoms with van der Waals surface area (Å²) in [6.45, 7) is 5.60. The van der Waals surface area contributed by atoms with E-state index in [1.165, 1.54) is 0 Å². The van der Waals surface area contributed by atoms with E-state index in [4.69, 9.17) is 16.3 Å². The molecule has 0 saturated heterocycles. The van der Waals surface area contributed by atoms with Gasteiger partial charge in [-0.25, -0.2) is 0 Å². The molecule has 0 fully saturated rings. The van der Waals surface area contributed by atoms with Gasteiger partial charge in [0.15, 0.2) is 0 Å². The molecule has 0 aliphatic rings. The molecule has 0 radical (unpaired) electrons. The van der Waals surface area contributed by atoms with Gasteiger partial charge in [-0.1, -0.05) is 17.7 Å². The predicted octanol–water partition coefficient (Wildman–Crippen LogP) is 2.63. The second kappa shape index (κ2) is 7.39. The number of rotatable bonds is 6. The van der Waals surface area contributed by atoms with Crippen LogP contribution in [0.25, 0.3) is 0 Å². The molecule has 0 aliphatic heterocycles. The molecule has 0 heterocycles. The van der Waals surface area contributed by atoms with Crippen molar-refractivity contribution in [1.82, 2.24) is 4.90 Å². The maximum Gasteiger partial charge on any atom is 0.254 e. The van der Waals surface area contributed by atoms with E-state index in [9.17, 15) is 4.79 Å². The zero-order valence-corrected chi connectivity index (χ0v) is 12.0. The molecule has 4 heteroatoms. The number of methoxy groups -OCH3 is 1. The molecule has 1 amide bonds. The summed E-state index contributed by atoms with van der Waals surface area (Å²) in [7, 11) is 1.63. The van der Waals surface area contributed by atoms with Crippen molar-refractivity contribution in [1.29, 1.82) is 0 Å². The molecule has 1 aromatic rings. The van der Waals surface area contributed by atoms with E-state index in [-0.39, 0.29) is 5.91 Å². The van der Waals surface area contributed by atoms with Crippen LogP contribution in [0.2, 0.25) is 0 Å². The fraction of sp³-hybridized carbons (Fsp3) is 0.500. The van der Waals surface area contributed by atoms with E-state index >= 15 is 0 Å². The molecule has 0 N–H and O–H groups in total. The zero-order valence-electron chi connectivity index (χ0n) is 11.2. The molecule has 0 unspecified atom stereocenters. The van der Waals surface area contributed by atoms with Crippen LogP contribution in [0.3, 0.4) is 0 Å². The maximum atomic E-state index is 12.4. The summed E-state index contributed by atoms with van der Waals surface area (Å²) in [5, 5.41) is 0. The van der Waals surface area contributed by atoms with Gasteiger partial charge in [-0.2, -0.15) is 0 Å². The Kier molecular flexibility index (Phi) is 6.16. The number of nitrogens with zero attached hydrogens (tertiary/aromatic N) is 1. The summed E-state index contributed by atoms with van der Waals surface area (Å²) < 4.78 is 5.02. The maximum absolute atomic E-state index is 12.4. The van der Waals surface area contributed by atoms with Crippen molar-refractivity contribution in [2.45, 2.75) is 13.8 Å². The number of benzene rings is 1. The third-order valence-corrected chi connectivity index (χ3v) is 2.99. The van der Waals surface area contributed by atoms with Gasteiger partial charge in [0.25, 0.3) is 5.91 Å². The van der Waals surface area contributed by atoms with Crippen LogP contribution in [-0.2, 0) is 4.74 Å². The summed E-state index contributed by atoms with van der Waals surface area (Å²) in [5.74, 6) is 0.450. The minimum absolute atomic E-state index is 0.0187. The van der Waals surface area contributed by atoms with Crippen LogP contribution < -0.4 is 0 Å².